The summed E-state index contributed by atoms with van der Waals surface area (Å²) in [7, 11) is 0. The first-order chi connectivity index (χ1) is 9.08. The van der Waals surface area contributed by atoms with Gasteiger partial charge in [-0.3, -0.25) is 9.59 Å². The van der Waals surface area contributed by atoms with Crippen molar-refractivity contribution < 1.29 is 14.7 Å². The van der Waals surface area contributed by atoms with E-state index in [2.05, 4.69) is 5.32 Å². The molecule has 100 valence electrons. The summed E-state index contributed by atoms with van der Waals surface area (Å²) in [6.07, 6.45) is -0.231. The molecule has 3 rings (SSSR count). The lowest BCUT2D eigenvalue weighted by Gasteiger charge is -2.35. The molecular formula is C13H15N3O3. The Labute approximate surface area is 110 Å². The lowest BCUT2D eigenvalue weighted by Crippen LogP contribution is -2.55. The van der Waals surface area contributed by atoms with Crippen LogP contribution in [0, 0.1) is 0 Å². The molecule has 2 heterocycles. The average molecular weight is 261 g/mol. The van der Waals surface area contributed by atoms with Gasteiger partial charge in [0, 0.05) is 29.8 Å². The van der Waals surface area contributed by atoms with E-state index in [1.165, 1.54) is 0 Å². The average Bonchev–Trinajstić information content (AvgIpc) is 2.69. The quantitative estimate of drug-likeness (QED) is 0.611. The number of hydrogen-bond acceptors (Lipinski definition) is 4. The molecular weight excluding hydrogens is 246 g/mol. The minimum absolute atomic E-state index is 0.137. The predicted octanol–water partition coefficient (Wildman–Crippen LogP) is -0.178. The van der Waals surface area contributed by atoms with Gasteiger partial charge in [-0.2, -0.15) is 0 Å². The third kappa shape index (κ3) is 1.84. The number of carbonyl (C=O) groups is 2. The first-order valence-electron chi connectivity index (χ1n) is 6.23. The topological polar surface area (TPSA) is 95.7 Å². The normalized spacial score (nSPS) is 26.3. The Morgan fingerprint density at radius 3 is 2.84 bits per heavy atom. The number of carbonyl (C=O) groups excluding carboxylic acids is 2. The van der Waals surface area contributed by atoms with Crippen LogP contribution in [-0.2, 0) is 11.3 Å². The van der Waals surface area contributed by atoms with E-state index in [1.807, 2.05) is 0 Å². The highest BCUT2D eigenvalue weighted by atomic mass is 16.3. The van der Waals surface area contributed by atoms with Crippen molar-refractivity contribution in [2.45, 2.75) is 31.7 Å². The molecule has 2 aliphatic rings. The smallest absolute Gasteiger partial charge is 0.254 e. The zero-order chi connectivity index (χ0) is 13.6. The fraction of sp³-hybridized carbons (Fsp3) is 0.385. The summed E-state index contributed by atoms with van der Waals surface area (Å²) >= 11 is 0. The molecule has 1 aromatic rings. The number of amides is 2. The van der Waals surface area contributed by atoms with E-state index in [-0.39, 0.29) is 11.8 Å². The van der Waals surface area contributed by atoms with Crippen molar-refractivity contribution in [3.8, 4) is 0 Å². The van der Waals surface area contributed by atoms with Crippen molar-refractivity contribution in [3.63, 3.8) is 0 Å². The number of nitrogens with one attached hydrogen (secondary N) is 1. The molecule has 1 unspecified atom stereocenters. The van der Waals surface area contributed by atoms with Crippen LogP contribution in [0.1, 0.15) is 28.8 Å². The van der Waals surface area contributed by atoms with Gasteiger partial charge in [0.15, 0.2) is 0 Å². The molecule has 1 fully saturated rings. The second-order valence-electron chi connectivity index (χ2n) is 4.92. The third-order valence-corrected chi connectivity index (χ3v) is 3.77. The van der Waals surface area contributed by atoms with E-state index >= 15 is 0 Å². The Morgan fingerprint density at radius 2 is 2.16 bits per heavy atom. The summed E-state index contributed by atoms with van der Waals surface area (Å²) in [6, 6.07) is 4.85. The fourth-order valence-electron chi connectivity index (χ4n) is 2.74. The van der Waals surface area contributed by atoms with Gasteiger partial charge < -0.3 is 21.1 Å². The Balaban J connectivity index is 1.88. The largest absolute Gasteiger partial charge is 0.398 e. The molecule has 2 atom stereocenters. The number of nitrogen functional groups attached to an aromatic ring is 1. The highest BCUT2D eigenvalue weighted by molar-refractivity contribution is 6.00. The number of piperidine rings is 1. The summed E-state index contributed by atoms with van der Waals surface area (Å²) < 4.78 is 0. The highest BCUT2D eigenvalue weighted by Gasteiger charge is 2.39. The van der Waals surface area contributed by atoms with Gasteiger partial charge in [-0.05, 0) is 18.6 Å². The van der Waals surface area contributed by atoms with Crippen molar-refractivity contribution in [2.24, 2.45) is 0 Å². The standard InChI is InChI=1S/C13H15N3O3/c14-9-3-1-2-7-8(9)6-16(13(7)19)10-4-5-11(17)15-12(10)18/h1-3,10,12,18H,4-6,14H2,(H,15,17)/t10-,12?/m1/s1. The number of anilines is 1. The molecule has 0 radical (unpaired) electrons. The minimum Gasteiger partial charge on any atom is -0.398 e. The van der Waals surface area contributed by atoms with Gasteiger partial charge in [0.25, 0.3) is 5.91 Å². The highest BCUT2D eigenvalue weighted by Crippen LogP contribution is 2.31. The molecule has 0 bridgehead atoms. The van der Waals surface area contributed by atoms with E-state index in [1.54, 1.807) is 23.1 Å². The molecule has 6 heteroatoms. The first kappa shape index (κ1) is 12.0. The van der Waals surface area contributed by atoms with Crippen molar-refractivity contribution in [3.05, 3.63) is 29.3 Å². The SMILES string of the molecule is Nc1cccc2c1CN([C@@H]1CCC(=O)NC1O)C2=O. The van der Waals surface area contributed by atoms with Crippen LogP contribution < -0.4 is 11.1 Å². The fourth-order valence-corrected chi connectivity index (χ4v) is 2.74. The summed E-state index contributed by atoms with van der Waals surface area (Å²) in [5.41, 5.74) is 7.85. The number of aliphatic hydroxyl groups is 1. The number of aliphatic hydroxyl groups excluding tert-OH is 1. The number of nitrogens with zero attached hydrogens (tertiary/aromatic N) is 1. The predicted molar refractivity (Wildman–Crippen MR) is 67.9 cm³/mol. The number of hydrogen-bond donors (Lipinski definition) is 3. The van der Waals surface area contributed by atoms with Gasteiger partial charge in [-0.1, -0.05) is 6.07 Å². The summed E-state index contributed by atoms with van der Waals surface area (Å²) in [6.45, 7) is 0.387. The van der Waals surface area contributed by atoms with Crippen LogP contribution in [0.3, 0.4) is 0 Å². The zero-order valence-electron chi connectivity index (χ0n) is 10.3. The van der Waals surface area contributed by atoms with Crippen LogP contribution in [0.4, 0.5) is 5.69 Å². The summed E-state index contributed by atoms with van der Waals surface area (Å²) in [5, 5.41) is 12.4. The van der Waals surface area contributed by atoms with Gasteiger partial charge in [0.1, 0.15) is 6.23 Å². The number of fused-ring (bicyclic) bond motifs is 1. The second kappa shape index (κ2) is 4.24. The summed E-state index contributed by atoms with van der Waals surface area (Å²) in [5.74, 6) is -0.324. The molecule has 6 nitrogen and oxygen atoms in total. The van der Waals surface area contributed by atoms with Crippen molar-refractivity contribution in [1.29, 1.82) is 0 Å². The van der Waals surface area contributed by atoms with Crippen LogP contribution in [-0.4, -0.2) is 34.1 Å². The third-order valence-electron chi connectivity index (χ3n) is 3.77. The van der Waals surface area contributed by atoms with E-state index < -0.39 is 12.3 Å². The van der Waals surface area contributed by atoms with Crippen molar-refractivity contribution in [2.75, 3.05) is 5.73 Å². The Hall–Kier alpha value is -2.08. The molecule has 2 amide bonds. The Morgan fingerprint density at radius 1 is 1.37 bits per heavy atom. The van der Waals surface area contributed by atoms with Gasteiger partial charge in [0.2, 0.25) is 5.91 Å². The van der Waals surface area contributed by atoms with Crippen LogP contribution in [0.5, 0.6) is 0 Å². The van der Waals surface area contributed by atoms with Gasteiger partial charge in [0.05, 0.1) is 6.04 Å². The molecule has 0 saturated carbocycles. The van der Waals surface area contributed by atoms with E-state index in [0.717, 1.165) is 5.56 Å². The molecule has 2 aliphatic heterocycles. The van der Waals surface area contributed by atoms with E-state index in [0.29, 0.717) is 30.6 Å². The number of benzene rings is 1. The Kier molecular flexibility index (Phi) is 2.67. The number of nitrogens with two attached hydrogens (primary N) is 1. The van der Waals surface area contributed by atoms with Gasteiger partial charge >= 0.3 is 0 Å². The second-order valence-corrected chi connectivity index (χ2v) is 4.92. The van der Waals surface area contributed by atoms with Crippen LogP contribution in [0.25, 0.3) is 0 Å². The minimum atomic E-state index is -1.01. The first-order valence-corrected chi connectivity index (χ1v) is 6.23. The zero-order valence-corrected chi connectivity index (χ0v) is 10.3. The maximum Gasteiger partial charge on any atom is 0.254 e. The molecule has 0 aromatic heterocycles. The summed E-state index contributed by atoms with van der Waals surface area (Å²) in [4.78, 5) is 25.1. The van der Waals surface area contributed by atoms with Gasteiger partial charge in [-0.15, -0.1) is 0 Å². The molecule has 1 saturated heterocycles. The van der Waals surface area contributed by atoms with Crippen molar-refractivity contribution >= 4 is 17.5 Å². The molecule has 0 aliphatic carbocycles. The number of rotatable bonds is 1. The Bertz CT molecular complexity index is 558. The monoisotopic (exact) mass is 261 g/mol. The maximum absolute atomic E-state index is 12.3. The van der Waals surface area contributed by atoms with Crippen LogP contribution in [0.2, 0.25) is 0 Å². The van der Waals surface area contributed by atoms with Crippen LogP contribution >= 0.6 is 0 Å². The molecule has 19 heavy (non-hydrogen) atoms. The van der Waals surface area contributed by atoms with Crippen molar-refractivity contribution in [1.82, 2.24) is 10.2 Å². The lowest BCUT2D eigenvalue weighted by molar-refractivity contribution is -0.129. The van der Waals surface area contributed by atoms with Gasteiger partial charge in [-0.25, -0.2) is 0 Å². The molecule has 4 N–H and O–H groups in total. The van der Waals surface area contributed by atoms with E-state index in [9.17, 15) is 14.7 Å². The lowest BCUT2D eigenvalue weighted by atomic mass is 10.0. The van der Waals surface area contributed by atoms with E-state index in [4.69, 9.17) is 5.73 Å². The van der Waals surface area contributed by atoms with Crippen LogP contribution in [0.15, 0.2) is 18.2 Å². The molecule has 0 spiro atoms. The molecule has 1 aromatic carbocycles. The maximum atomic E-state index is 12.3.